The molecule has 98 valence electrons. The first kappa shape index (κ1) is 12.8. The van der Waals surface area contributed by atoms with Crippen molar-refractivity contribution in [1.29, 1.82) is 0 Å². The molecule has 5 nitrogen and oxygen atoms in total. The molecule has 2 rings (SSSR count). The normalized spacial score (nSPS) is 12.8. The average Bonchev–Trinajstić information content (AvgIpc) is 2.96. The molecule has 1 atom stereocenters. The van der Waals surface area contributed by atoms with Gasteiger partial charge < -0.3 is 14.3 Å². The highest BCUT2D eigenvalue weighted by Gasteiger charge is 2.11. The van der Waals surface area contributed by atoms with E-state index in [-0.39, 0.29) is 0 Å². The van der Waals surface area contributed by atoms with Gasteiger partial charge in [0.05, 0.1) is 0 Å². The Balaban J connectivity index is 2.07. The minimum atomic E-state index is 0.323. The van der Waals surface area contributed by atoms with E-state index in [1.807, 2.05) is 12.3 Å². The van der Waals surface area contributed by atoms with Gasteiger partial charge in [-0.25, -0.2) is 0 Å². The van der Waals surface area contributed by atoms with Gasteiger partial charge in [-0.1, -0.05) is 6.92 Å². The Morgan fingerprint density at radius 2 is 2.28 bits per heavy atom. The molecule has 0 saturated heterocycles. The zero-order valence-corrected chi connectivity index (χ0v) is 11.2. The predicted octanol–water partition coefficient (Wildman–Crippen LogP) is 2.29. The molecular weight excluding hydrogens is 228 g/mol. The lowest BCUT2D eigenvalue weighted by molar-refractivity contribution is 0.444. The van der Waals surface area contributed by atoms with E-state index in [0.29, 0.717) is 24.4 Å². The molecule has 5 heteroatoms. The third kappa shape index (κ3) is 2.98. The van der Waals surface area contributed by atoms with Crippen LogP contribution in [0.4, 0.5) is 0 Å². The number of hydrogen-bond acceptors (Lipinski definition) is 4. The van der Waals surface area contributed by atoms with Crippen molar-refractivity contribution < 1.29 is 4.42 Å². The first-order valence-corrected chi connectivity index (χ1v) is 6.38. The van der Waals surface area contributed by atoms with E-state index in [4.69, 9.17) is 4.42 Å². The Hall–Kier alpha value is -1.62. The fourth-order valence-corrected chi connectivity index (χ4v) is 1.98. The second kappa shape index (κ2) is 5.82. The van der Waals surface area contributed by atoms with E-state index in [0.717, 1.165) is 13.0 Å². The van der Waals surface area contributed by atoms with Crippen molar-refractivity contribution in [3.05, 3.63) is 35.8 Å². The van der Waals surface area contributed by atoms with Crippen LogP contribution in [0.15, 0.2) is 22.7 Å². The van der Waals surface area contributed by atoms with E-state index in [9.17, 15) is 0 Å². The number of rotatable bonds is 6. The maximum atomic E-state index is 5.41. The van der Waals surface area contributed by atoms with Crippen molar-refractivity contribution in [2.75, 3.05) is 6.54 Å². The van der Waals surface area contributed by atoms with Gasteiger partial charge in [-0.2, -0.15) is 0 Å². The summed E-state index contributed by atoms with van der Waals surface area (Å²) in [6.07, 6.45) is 3.17. The highest BCUT2D eigenvalue weighted by molar-refractivity contribution is 5.12. The molecule has 0 aromatic carbocycles. The fourth-order valence-electron chi connectivity index (χ4n) is 1.98. The zero-order valence-electron chi connectivity index (χ0n) is 11.2. The molecule has 1 unspecified atom stereocenters. The summed E-state index contributed by atoms with van der Waals surface area (Å²) < 4.78 is 7.55. The smallest absolute Gasteiger partial charge is 0.236 e. The lowest BCUT2D eigenvalue weighted by Crippen LogP contribution is -2.22. The molecule has 18 heavy (non-hydrogen) atoms. The van der Waals surface area contributed by atoms with Crippen molar-refractivity contribution in [2.24, 2.45) is 0 Å². The molecule has 2 heterocycles. The highest BCUT2D eigenvalue weighted by Crippen LogP contribution is 2.15. The first-order chi connectivity index (χ1) is 8.70. The van der Waals surface area contributed by atoms with Gasteiger partial charge in [0.15, 0.2) is 0 Å². The molecule has 2 aromatic heterocycles. The molecular formula is C13H20N4O. The van der Waals surface area contributed by atoms with E-state index < -0.39 is 0 Å². The Bertz CT molecular complexity index is 489. The standard InChI is InChI=1S/C13H20N4O/c1-4-7-14-10(2)12-6-5-8-17(12)9-13-16-15-11(3)18-13/h5-6,8,10,14H,4,7,9H2,1-3H3. The topological polar surface area (TPSA) is 55.9 Å². The molecule has 0 fully saturated rings. The molecule has 0 spiro atoms. The van der Waals surface area contributed by atoms with Crippen molar-refractivity contribution in [3.8, 4) is 0 Å². The van der Waals surface area contributed by atoms with Crippen LogP contribution in [0.3, 0.4) is 0 Å². The van der Waals surface area contributed by atoms with Gasteiger partial charge in [-0.3, -0.25) is 0 Å². The lowest BCUT2D eigenvalue weighted by Gasteiger charge is -2.15. The zero-order chi connectivity index (χ0) is 13.0. The summed E-state index contributed by atoms with van der Waals surface area (Å²) in [7, 11) is 0. The third-order valence-corrected chi connectivity index (χ3v) is 2.88. The van der Waals surface area contributed by atoms with Gasteiger partial charge in [-0.15, -0.1) is 10.2 Å². The van der Waals surface area contributed by atoms with Gasteiger partial charge in [0.25, 0.3) is 0 Å². The van der Waals surface area contributed by atoms with Crippen molar-refractivity contribution in [1.82, 2.24) is 20.1 Å². The molecule has 0 amide bonds. The van der Waals surface area contributed by atoms with Gasteiger partial charge in [0.2, 0.25) is 11.8 Å². The van der Waals surface area contributed by atoms with Crippen molar-refractivity contribution in [3.63, 3.8) is 0 Å². The Kier molecular flexibility index (Phi) is 4.15. The average molecular weight is 248 g/mol. The lowest BCUT2D eigenvalue weighted by atomic mass is 10.2. The maximum absolute atomic E-state index is 5.41. The van der Waals surface area contributed by atoms with Gasteiger partial charge in [0, 0.05) is 24.9 Å². The molecule has 2 aromatic rings. The SMILES string of the molecule is CCCNC(C)c1cccn1Cc1nnc(C)o1. The molecule has 0 bridgehead atoms. The third-order valence-electron chi connectivity index (χ3n) is 2.88. The number of hydrogen-bond donors (Lipinski definition) is 1. The first-order valence-electron chi connectivity index (χ1n) is 6.38. The summed E-state index contributed by atoms with van der Waals surface area (Å²) in [5.41, 5.74) is 1.24. The molecule has 0 saturated carbocycles. The summed E-state index contributed by atoms with van der Waals surface area (Å²) >= 11 is 0. The summed E-state index contributed by atoms with van der Waals surface area (Å²) in [5, 5.41) is 11.3. The van der Waals surface area contributed by atoms with Crippen LogP contribution in [0.1, 0.15) is 43.8 Å². The molecule has 0 radical (unpaired) electrons. The summed E-state index contributed by atoms with van der Waals surface area (Å²) in [6.45, 7) is 7.78. The second-order valence-electron chi connectivity index (χ2n) is 4.45. The monoisotopic (exact) mass is 248 g/mol. The van der Waals surface area contributed by atoms with Crippen LogP contribution < -0.4 is 5.32 Å². The van der Waals surface area contributed by atoms with E-state index in [1.165, 1.54) is 5.69 Å². The molecule has 0 aliphatic heterocycles. The number of nitrogens with one attached hydrogen (secondary N) is 1. The van der Waals surface area contributed by atoms with Gasteiger partial charge >= 0.3 is 0 Å². The van der Waals surface area contributed by atoms with Gasteiger partial charge in [0.1, 0.15) is 6.54 Å². The van der Waals surface area contributed by atoms with Crippen LogP contribution in [0.2, 0.25) is 0 Å². The quantitative estimate of drug-likeness (QED) is 0.852. The second-order valence-corrected chi connectivity index (χ2v) is 4.45. The van der Waals surface area contributed by atoms with Crippen LogP contribution in [-0.4, -0.2) is 21.3 Å². The Labute approximate surface area is 107 Å². The fraction of sp³-hybridized carbons (Fsp3) is 0.538. The number of aryl methyl sites for hydroxylation is 1. The number of aromatic nitrogens is 3. The van der Waals surface area contributed by atoms with Crippen molar-refractivity contribution >= 4 is 0 Å². The maximum Gasteiger partial charge on any atom is 0.236 e. The Morgan fingerprint density at radius 1 is 1.44 bits per heavy atom. The van der Waals surface area contributed by atoms with Crippen molar-refractivity contribution in [2.45, 2.75) is 39.8 Å². The Morgan fingerprint density at radius 3 is 2.94 bits per heavy atom. The molecule has 0 aliphatic rings. The highest BCUT2D eigenvalue weighted by atomic mass is 16.4. The van der Waals surface area contributed by atoms with Crippen LogP contribution in [0.5, 0.6) is 0 Å². The van der Waals surface area contributed by atoms with Crippen LogP contribution in [0.25, 0.3) is 0 Å². The predicted molar refractivity (Wildman–Crippen MR) is 69.3 cm³/mol. The summed E-state index contributed by atoms with van der Waals surface area (Å²) in [4.78, 5) is 0. The number of nitrogens with zero attached hydrogens (tertiary/aromatic N) is 3. The van der Waals surface area contributed by atoms with E-state index in [2.05, 4.69) is 40.0 Å². The van der Waals surface area contributed by atoms with Crippen LogP contribution in [-0.2, 0) is 6.54 Å². The molecule has 1 N–H and O–H groups in total. The molecule has 0 aliphatic carbocycles. The van der Waals surface area contributed by atoms with E-state index in [1.54, 1.807) is 6.92 Å². The minimum Gasteiger partial charge on any atom is -0.424 e. The largest absolute Gasteiger partial charge is 0.424 e. The summed E-state index contributed by atoms with van der Waals surface area (Å²) in [5.74, 6) is 1.25. The van der Waals surface area contributed by atoms with Crippen LogP contribution in [0, 0.1) is 6.92 Å². The minimum absolute atomic E-state index is 0.323. The summed E-state index contributed by atoms with van der Waals surface area (Å²) in [6, 6.07) is 4.49. The van der Waals surface area contributed by atoms with E-state index >= 15 is 0 Å². The van der Waals surface area contributed by atoms with Gasteiger partial charge in [-0.05, 0) is 32.0 Å². The van der Waals surface area contributed by atoms with Crippen LogP contribution >= 0.6 is 0 Å².